The molecule has 0 atom stereocenters. The monoisotopic (exact) mass is 295 g/mol. The van der Waals surface area contributed by atoms with Crippen molar-refractivity contribution in [1.29, 1.82) is 0 Å². The number of halogens is 4. The Balaban J connectivity index is 0.000000292. The second kappa shape index (κ2) is 7.07. The van der Waals surface area contributed by atoms with Crippen molar-refractivity contribution in [3.05, 3.63) is 0 Å². The lowest BCUT2D eigenvalue weighted by atomic mass is 10.4. The molecule has 1 aliphatic heterocycles. The largest absolute Gasteiger partial charge is 0.564 e. The second-order valence-electron chi connectivity index (χ2n) is 3.99. The molecule has 0 aliphatic carbocycles. The lowest BCUT2D eigenvalue weighted by Gasteiger charge is -2.28. The number of nitrogens with zero attached hydrogens (tertiary/aromatic N) is 1. The molecule has 0 unspecified atom stereocenters. The third kappa shape index (κ3) is 10.2. The lowest BCUT2D eigenvalue weighted by molar-refractivity contribution is -0.897. The zero-order chi connectivity index (χ0) is 11.2. The van der Waals surface area contributed by atoms with Crippen LogP contribution in [0.3, 0.4) is 0 Å². The Labute approximate surface area is 106 Å². The SMILES string of the molecule is CCC[N+]1(C)CCCC1.[Cl][Al-]([Cl])([Cl])[Cl]. The number of rotatable bonds is 2. The molecule has 0 N–H and O–H groups in total. The molecule has 1 nitrogen and oxygen atoms in total. The van der Waals surface area contributed by atoms with Gasteiger partial charge in [0.05, 0.1) is 26.7 Å². The molecular formula is C8H18AlCl4N. The maximum Gasteiger partial charge on any atom is 0.564 e. The molecule has 0 spiro atoms. The van der Waals surface area contributed by atoms with Crippen molar-refractivity contribution >= 4 is 49.6 Å². The molecule has 0 radical (unpaired) electrons. The Hall–Kier alpha value is 1.65. The molecule has 1 heterocycles. The highest BCUT2D eigenvalue weighted by molar-refractivity contribution is 7.81. The smallest absolute Gasteiger partial charge is 0.391 e. The predicted octanol–water partition coefficient (Wildman–Crippen LogP) is 4.01. The first kappa shape index (κ1) is 15.7. The summed E-state index contributed by atoms with van der Waals surface area (Å²) in [5.41, 5.74) is 0. The van der Waals surface area contributed by atoms with E-state index in [9.17, 15) is 0 Å². The summed E-state index contributed by atoms with van der Waals surface area (Å²) in [4.78, 5) is 0. The Morgan fingerprint density at radius 1 is 1.07 bits per heavy atom. The molecule has 0 bridgehead atoms. The van der Waals surface area contributed by atoms with Gasteiger partial charge < -0.3 is 44.7 Å². The summed E-state index contributed by atoms with van der Waals surface area (Å²) < 4.78 is 1.34. The van der Waals surface area contributed by atoms with Gasteiger partial charge in [-0.2, -0.15) is 0 Å². The van der Waals surface area contributed by atoms with Gasteiger partial charge in [0.25, 0.3) is 0 Å². The van der Waals surface area contributed by atoms with Gasteiger partial charge in [-0.25, -0.2) is 0 Å². The topological polar surface area (TPSA) is 0 Å². The summed E-state index contributed by atoms with van der Waals surface area (Å²) >= 11 is 0. The van der Waals surface area contributed by atoms with Crippen LogP contribution in [0.2, 0.25) is 0 Å². The first-order chi connectivity index (χ1) is 6.27. The lowest BCUT2D eigenvalue weighted by Crippen LogP contribution is -2.41. The van der Waals surface area contributed by atoms with Crippen molar-refractivity contribution in [1.82, 2.24) is 0 Å². The van der Waals surface area contributed by atoms with Crippen LogP contribution >= 0.6 is 40.2 Å². The maximum atomic E-state index is 4.99. The van der Waals surface area contributed by atoms with Crippen LogP contribution in [0, 0.1) is 0 Å². The predicted molar refractivity (Wildman–Crippen MR) is 69.5 cm³/mol. The molecule has 0 aromatic rings. The Kier molecular flexibility index (Phi) is 7.91. The Morgan fingerprint density at radius 3 is 1.71 bits per heavy atom. The maximum absolute atomic E-state index is 4.99. The summed E-state index contributed by atoms with van der Waals surface area (Å²) in [5, 5.41) is 0. The molecule has 86 valence electrons. The van der Waals surface area contributed by atoms with E-state index in [0.717, 1.165) is 0 Å². The molecule has 1 saturated heterocycles. The number of hydrogen-bond donors (Lipinski definition) is 0. The molecule has 0 saturated carbocycles. The third-order valence-electron chi connectivity index (χ3n) is 2.41. The average molecular weight is 297 g/mol. The molecule has 0 amide bonds. The molecule has 0 aromatic heterocycles. The fourth-order valence-corrected chi connectivity index (χ4v) is 1.86. The van der Waals surface area contributed by atoms with Crippen LogP contribution in [-0.2, 0) is 0 Å². The number of quaternary nitrogens is 1. The van der Waals surface area contributed by atoms with Gasteiger partial charge in [-0.3, -0.25) is 0 Å². The molecule has 14 heavy (non-hydrogen) atoms. The average Bonchev–Trinajstić information content (AvgIpc) is 2.33. The van der Waals surface area contributed by atoms with Crippen LogP contribution < -0.4 is 0 Å². The highest BCUT2D eigenvalue weighted by Crippen LogP contribution is 2.23. The van der Waals surface area contributed by atoms with E-state index in [2.05, 4.69) is 14.0 Å². The van der Waals surface area contributed by atoms with Gasteiger partial charge in [-0.05, 0) is 6.42 Å². The van der Waals surface area contributed by atoms with E-state index in [1.165, 1.54) is 43.4 Å². The van der Waals surface area contributed by atoms with Gasteiger partial charge in [0, 0.05) is 12.8 Å². The summed E-state index contributed by atoms with van der Waals surface area (Å²) in [7, 11) is 19.4. The fourth-order valence-electron chi connectivity index (χ4n) is 1.86. The summed E-state index contributed by atoms with van der Waals surface area (Å²) in [6.45, 7) is 6.52. The Bertz CT molecular complexity index is 148. The van der Waals surface area contributed by atoms with Crippen LogP contribution in [0.1, 0.15) is 26.2 Å². The number of hydrogen-bond acceptors (Lipinski definition) is 0. The van der Waals surface area contributed by atoms with E-state index < -0.39 is 9.39 Å². The van der Waals surface area contributed by atoms with Crippen molar-refractivity contribution in [3.63, 3.8) is 0 Å². The summed E-state index contributed by atoms with van der Waals surface area (Å²) in [6, 6.07) is 0. The first-order valence-corrected chi connectivity index (χ1v) is 12.0. The van der Waals surface area contributed by atoms with E-state index >= 15 is 0 Å². The summed E-state index contributed by atoms with van der Waals surface area (Å²) in [5.74, 6) is 0. The van der Waals surface area contributed by atoms with Crippen LogP contribution in [0.4, 0.5) is 0 Å². The van der Waals surface area contributed by atoms with Crippen molar-refractivity contribution in [3.8, 4) is 0 Å². The minimum Gasteiger partial charge on any atom is -0.391 e. The first-order valence-electron chi connectivity index (χ1n) is 4.98. The molecule has 6 heteroatoms. The van der Waals surface area contributed by atoms with Crippen molar-refractivity contribution < 1.29 is 4.48 Å². The zero-order valence-electron chi connectivity index (χ0n) is 8.78. The highest BCUT2D eigenvalue weighted by Gasteiger charge is 2.24. The molecule has 1 aliphatic rings. The number of likely N-dealkylation sites (tertiary alicyclic amines) is 1. The van der Waals surface area contributed by atoms with Crippen molar-refractivity contribution in [2.24, 2.45) is 0 Å². The van der Waals surface area contributed by atoms with E-state index in [-0.39, 0.29) is 0 Å². The Morgan fingerprint density at radius 2 is 1.43 bits per heavy atom. The third-order valence-corrected chi connectivity index (χ3v) is 2.41. The summed E-state index contributed by atoms with van der Waals surface area (Å²) in [6.07, 6.45) is 4.25. The van der Waals surface area contributed by atoms with E-state index in [4.69, 9.17) is 40.2 Å². The molecule has 1 fully saturated rings. The van der Waals surface area contributed by atoms with Crippen molar-refractivity contribution in [2.75, 3.05) is 26.7 Å². The van der Waals surface area contributed by atoms with Crippen LogP contribution in [0.15, 0.2) is 0 Å². The highest BCUT2D eigenvalue weighted by atomic mass is 35.9. The normalized spacial score (nSPS) is 20.1. The second-order valence-corrected chi connectivity index (χ2v) is 16.9. The van der Waals surface area contributed by atoms with Gasteiger partial charge in [0.15, 0.2) is 0 Å². The minimum absolute atomic E-state index is 1.34. The van der Waals surface area contributed by atoms with Gasteiger partial charge in [0.1, 0.15) is 0 Å². The van der Waals surface area contributed by atoms with Crippen LogP contribution in [0.25, 0.3) is 0 Å². The fraction of sp³-hybridized carbons (Fsp3) is 1.00. The van der Waals surface area contributed by atoms with Crippen LogP contribution in [-0.4, -0.2) is 40.6 Å². The van der Waals surface area contributed by atoms with Gasteiger partial charge in [0.2, 0.25) is 0 Å². The quantitative estimate of drug-likeness (QED) is 0.533. The standard InChI is InChI=1S/C8H18N.Al.4ClH/c1-3-6-9(2)7-4-5-8-9;;;;;/h3-8H2,1-2H3;;4*1H/q+1;+3;;;;/p-4. The zero-order valence-corrected chi connectivity index (χ0v) is 13.0. The van der Waals surface area contributed by atoms with Crippen LogP contribution in [0.5, 0.6) is 0 Å². The van der Waals surface area contributed by atoms with Gasteiger partial charge >= 0.3 is 9.39 Å². The van der Waals surface area contributed by atoms with E-state index in [1.807, 2.05) is 0 Å². The van der Waals surface area contributed by atoms with E-state index in [0.29, 0.717) is 0 Å². The van der Waals surface area contributed by atoms with Gasteiger partial charge in [-0.1, -0.05) is 6.92 Å². The van der Waals surface area contributed by atoms with Crippen molar-refractivity contribution in [2.45, 2.75) is 26.2 Å². The van der Waals surface area contributed by atoms with E-state index in [1.54, 1.807) is 0 Å². The molecular weight excluding hydrogens is 279 g/mol. The minimum atomic E-state index is -2.94. The molecule has 1 rings (SSSR count). The molecule has 0 aromatic carbocycles. The van der Waals surface area contributed by atoms with Gasteiger partial charge in [-0.15, -0.1) is 0 Å².